The minimum Gasteiger partial charge on any atom is -0.459 e. The number of pyridine rings is 1. The van der Waals surface area contributed by atoms with Gasteiger partial charge in [0.1, 0.15) is 16.8 Å². The van der Waals surface area contributed by atoms with Gasteiger partial charge in [0.2, 0.25) is 5.88 Å². The van der Waals surface area contributed by atoms with Crippen LogP contribution in [-0.4, -0.2) is 11.0 Å². The Morgan fingerprint density at radius 1 is 1.15 bits per heavy atom. The van der Waals surface area contributed by atoms with Crippen molar-refractivity contribution in [3.8, 4) is 11.6 Å². The quantitative estimate of drug-likeness (QED) is 0.609. The van der Waals surface area contributed by atoms with E-state index < -0.39 is 0 Å². The summed E-state index contributed by atoms with van der Waals surface area (Å²) >= 11 is 11.4. The summed E-state index contributed by atoms with van der Waals surface area (Å²) < 4.78 is 11.3. The zero-order valence-electron chi connectivity index (χ0n) is 14.5. The van der Waals surface area contributed by atoms with Gasteiger partial charge in [-0.25, -0.2) is 4.98 Å². The molecule has 2 unspecified atom stereocenters. The second-order valence-corrected chi connectivity index (χ2v) is 7.78. The SMILES string of the molecule is CC1(C)C(C=C(Cl)Cl)C1C(=O)OCc1cccc(Oc2ccccc2)n1. The second-order valence-electron chi connectivity index (χ2n) is 6.77. The Bertz CT molecular complexity index is 817. The number of rotatable bonds is 6. The fraction of sp³-hybridized carbons (Fsp3) is 0.300. The smallest absolute Gasteiger partial charge is 0.310 e. The number of ether oxygens (including phenoxy) is 2. The van der Waals surface area contributed by atoms with Crippen molar-refractivity contribution in [2.75, 3.05) is 0 Å². The van der Waals surface area contributed by atoms with E-state index in [4.69, 9.17) is 32.7 Å². The molecule has 136 valence electrons. The van der Waals surface area contributed by atoms with E-state index in [2.05, 4.69) is 4.98 Å². The molecule has 2 aromatic rings. The Morgan fingerprint density at radius 3 is 2.58 bits per heavy atom. The van der Waals surface area contributed by atoms with E-state index in [9.17, 15) is 4.79 Å². The van der Waals surface area contributed by atoms with Crippen LogP contribution in [0.2, 0.25) is 0 Å². The summed E-state index contributed by atoms with van der Waals surface area (Å²) in [5.74, 6) is 0.606. The summed E-state index contributed by atoms with van der Waals surface area (Å²) in [7, 11) is 0. The maximum Gasteiger partial charge on any atom is 0.310 e. The highest BCUT2D eigenvalue weighted by molar-refractivity contribution is 6.55. The van der Waals surface area contributed by atoms with Crippen LogP contribution in [0.25, 0.3) is 0 Å². The number of benzene rings is 1. The maximum atomic E-state index is 12.4. The van der Waals surface area contributed by atoms with Gasteiger partial charge in [0.05, 0.1) is 11.6 Å². The van der Waals surface area contributed by atoms with Crippen molar-refractivity contribution >= 4 is 29.2 Å². The summed E-state index contributed by atoms with van der Waals surface area (Å²) in [6, 6.07) is 14.7. The average molecular weight is 392 g/mol. The standard InChI is InChI=1S/C20H19Cl2NO3/c1-20(2)15(11-16(21)22)18(20)19(24)25-12-13-7-6-10-17(23-13)26-14-8-4-3-5-9-14/h3-11,15,18H,12H2,1-2H3. The van der Waals surface area contributed by atoms with Crippen molar-refractivity contribution in [2.45, 2.75) is 20.5 Å². The van der Waals surface area contributed by atoms with Crippen LogP contribution in [-0.2, 0) is 16.1 Å². The van der Waals surface area contributed by atoms with E-state index in [0.29, 0.717) is 17.3 Å². The topological polar surface area (TPSA) is 48.4 Å². The molecule has 0 amide bonds. The van der Waals surface area contributed by atoms with Crippen molar-refractivity contribution in [2.24, 2.45) is 17.3 Å². The molecule has 3 rings (SSSR count). The largest absolute Gasteiger partial charge is 0.459 e. The number of carbonyl (C=O) groups is 1. The number of hydrogen-bond acceptors (Lipinski definition) is 4. The summed E-state index contributed by atoms with van der Waals surface area (Å²) in [6.45, 7) is 4.06. The first kappa shape index (κ1) is 18.7. The summed E-state index contributed by atoms with van der Waals surface area (Å²) in [6.07, 6.45) is 1.70. The van der Waals surface area contributed by atoms with Gasteiger partial charge in [-0.2, -0.15) is 0 Å². The van der Waals surface area contributed by atoms with Gasteiger partial charge in [-0.15, -0.1) is 0 Å². The van der Waals surface area contributed by atoms with Crippen LogP contribution in [0, 0.1) is 17.3 Å². The molecule has 1 heterocycles. The van der Waals surface area contributed by atoms with Crippen LogP contribution in [0.3, 0.4) is 0 Å². The summed E-state index contributed by atoms with van der Waals surface area (Å²) in [5, 5.41) is 0. The molecular weight excluding hydrogens is 373 g/mol. The molecule has 1 aliphatic carbocycles. The average Bonchev–Trinajstić information content (AvgIpc) is 3.13. The fourth-order valence-electron chi connectivity index (χ4n) is 3.01. The van der Waals surface area contributed by atoms with E-state index in [1.807, 2.05) is 50.2 Å². The van der Waals surface area contributed by atoms with Crippen LogP contribution in [0.1, 0.15) is 19.5 Å². The number of carbonyl (C=O) groups excluding carboxylic acids is 1. The van der Waals surface area contributed by atoms with Crippen LogP contribution in [0.15, 0.2) is 59.1 Å². The number of esters is 1. The lowest BCUT2D eigenvalue weighted by atomic mass is 10.1. The molecule has 1 aromatic carbocycles. The molecule has 4 nitrogen and oxygen atoms in total. The van der Waals surface area contributed by atoms with E-state index in [-0.39, 0.29) is 34.3 Å². The van der Waals surface area contributed by atoms with Gasteiger partial charge >= 0.3 is 5.97 Å². The molecular formula is C20H19Cl2NO3. The third-order valence-electron chi connectivity index (χ3n) is 4.58. The normalized spacial score (nSPS) is 20.2. The highest BCUT2D eigenvalue weighted by atomic mass is 35.5. The number of para-hydroxylation sites is 1. The zero-order chi connectivity index (χ0) is 18.7. The summed E-state index contributed by atoms with van der Waals surface area (Å²) in [5.41, 5.74) is 0.408. The van der Waals surface area contributed by atoms with Crippen LogP contribution in [0.4, 0.5) is 0 Å². The number of aromatic nitrogens is 1. The van der Waals surface area contributed by atoms with Crippen molar-refractivity contribution in [1.29, 1.82) is 0 Å². The molecule has 1 aliphatic rings. The molecule has 0 N–H and O–H groups in total. The van der Waals surface area contributed by atoms with E-state index in [1.165, 1.54) is 0 Å². The van der Waals surface area contributed by atoms with Crippen molar-refractivity contribution in [3.63, 3.8) is 0 Å². The zero-order valence-corrected chi connectivity index (χ0v) is 16.0. The number of nitrogens with zero attached hydrogens (tertiary/aromatic N) is 1. The first-order valence-corrected chi connectivity index (χ1v) is 9.02. The van der Waals surface area contributed by atoms with E-state index >= 15 is 0 Å². The molecule has 0 aliphatic heterocycles. The van der Waals surface area contributed by atoms with Crippen LogP contribution in [0.5, 0.6) is 11.6 Å². The molecule has 2 atom stereocenters. The molecule has 0 radical (unpaired) electrons. The van der Waals surface area contributed by atoms with Crippen LogP contribution < -0.4 is 4.74 Å². The second kappa shape index (κ2) is 7.68. The highest BCUT2D eigenvalue weighted by Crippen LogP contribution is 2.60. The van der Waals surface area contributed by atoms with Gasteiger partial charge in [0.15, 0.2) is 0 Å². The summed E-state index contributed by atoms with van der Waals surface area (Å²) in [4.78, 5) is 16.7. The Hall–Kier alpha value is -2.04. The highest BCUT2D eigenvalue weighted by Gasteiger charge is 2.61. The predicted molar refractivity (Wildman–Crippen MR) is 101 cm³/mol. The monoisotopic (exact) mass is 391 g/mol. The first-order valence-electron chi connectivity index (χ1n) is 8.26. The lowest BCUT2D eigenvalue weighted by molar-refractivity contribution is -0.147. The number of allylic oxidation sites excluding steroid dienone is 1. The van der Waals surface area contributed by atoms with E-state index in [0.717, 1.165) is 0 Å². The Balaban J connectivity index is 1.59. The maximum absolute atomic E-state index is 12.4. The van der Waals surface area contributed by atoms with Gasteiger partial charge in [-0.05, 0) is 35.6 Å². The molecule has 1 aromatic heterocycles. The van der Waals surface area contributed by atoms with Gasteiger partial charge in [0, 0.05) is 6.07 Å². The molecule has 1 saturated carbocycles. The van der Waals surface area contributed by atoms with Gasteiger partial charge < -0.3 is 9.47 Å². The van der Waals surface area contributed by atoms with Crippen molar-refractivity contribution in [1.82, 2.24) is 4.98 Å². The molecule has 0 spiro atoms. The molecule has 1 fully saturated rings. The van der Waals surface area contributed by atoms with Gasteiger partial charge in [-0.1, -0.05) is 61.3 Å². The van der Waals surface area contributed by atoms with Crippen molar-refractivity contribution < 1.29 is 14.3 Å². The Labute approximate surface area is 162 Å². The molecule has 0 saturated heterocycles. The number of halogens is 2. The minimum atomic E-state index is -0.276. The number of hydrogen-bond donors (Lipinski definition) is 0. The van der Waals surface area contributed by atoms with Crippen LogP contribution >= 0.6 is 23.2 Å². The lowest BCUT2D eigenvalue weighted by Gasteiger charge is -2.08. The Kier molecular flexibility index (Phi) is 5.54. The fourth-order valence-corrected chi connectivity index (χ4v) is 3.29. The third kappa shape index (κ3) is 4.37. The Morgan fingerprint density at radius 2 is 1.88 bits per heavy atom. The molecule has 0 bridgehead atoms. The third-order valence-corrected chi connectivity index (χ3v) is 4.83. The van der Waals surface area contributed by atoms with Gasteiger partial charge in [0.25, 0.3) is 0 Å². The molecule has 6 heteroatoms. The van der Waals surface area contributed by atoms with Crippen molar-refractivity contribution in [3.05, 3.63) is 64.8 Å². The lowest BCUT2D eigenvalue weighted by Crippen LogP contribution is -2.11. The van der Waals surface area contributed by atoms with Gasteiger partial charge in [-0.3, -0.25) is 4.79 Å². The predicted octanol–water partition coefficient (Wildman–Crippen LogP) is 5.51. The van der Waals surface area contributed by atoms with E-state index in [1.54, 1.807) is 18.2 Å². The molecule has 26 heavy (non-hydrogen) atoms. The minimum absolute atomic E-state index is 0.0132. The first-order chi connectivity index (χ1) is 12.4.